The first-order chi connectivity index (χ1) is 19.2. The zero-order valence-electron chi connectivity index (χ0n) is 22.7. The number of fused-ring (bicyclic) bond motifs is 4. The van der Waals surface area contributed by atoms with E-state index in [0.29, 0.717) is 38.5 Å². The molecule has 0 amide bonds. The molecule has 1 saturated heterocycles. The molecule has 39 heavy (non-hydrogen) atoms. The van der Waals surface area contributed by atoms with Gasteiger partial charge in [0.25, 0.3) is 0 Å². The summed E-state index contributed by atoms with van der Waals surface area (Å²) in [6.07, 6.45) is 11.1. The number of ether oxygens (including phenoxy) is 3. The summed E-state index contributed by atoms with van der Waals surface area (Å²) in [7, 11) is 1.90. The van der Waals surface area contributed by atoms with Gasteiger partial charge in [-0.15, -0.1) is 0 Å². The van der Waals surface area contributed by atoms with Crippen LogP contribution in [0.3, 0.4) is 0 Å². The number of rotatable bonds is 5. The van der Waals surface area contributed by atoms with E-state index in [1.165, 1.54) is 0 Å². The molecule has 10 heteroatoms. The minimum absolute atomic E-state index is 0.0801. The van der Waals surface area contributed by atoms with Crippen LogP contribution in [-0.4, -0.2) is 60.9 Å². The smallest absolute Gasteiger partial charge is 0.219 e. The maximum absolute atomic E-state index is 9.44. The largest absolute Gasteiger partial charge is 0.477 e. The van der Waals surface area contributed by atoms with Crippen molar-refractivity contribution in [3.63, 3.8) is 0 Å². The highest BCUT2D eigenvalue weighted by Gasteiger charge is 2.23. The van der Waals surface area contributed by atoms with Crippen molar-refractivity contribution in [1.29, 1.82) is 0 Å². The molecule has 1 fully saturated rings. The highest BCUT2D eigenvalue weighted by atomic mass is 16.5. The molecule has 10 nitrogen and oxygen atoms in total. The summed E-state index contributed by atoms with van der Waals surface area (Å²) in [5, 5.41) is 24.8. The number of aromatic nitrogens is 6. The fourth-order valence-electron chi connectivity index (χ4n) is 5.41. The normalized spacial score (nSPS) is 18.6. The quantitative estimate of drug-likeness (QED) is 0.401. The van der Waals surface area contributed by atoms with Crippen molar-refractivity contribution in [2.45, 2.75) is 58.2 Å². The Hall–Kier alpha value is -3.63. The van der Waals surface area contributed by atoms with Crippen molar-refractivity contribution in [3.05, 3.63) is 41.3 Å². The van der Waals surface area contributed by atoms with Crippen LogP contribution in [0.2, 0.25) is 0 Å². The number of nitrogens with zero attached hydrogens (tertiary/aromatic N) is 6. The van der Waals surface area contributed by atoms with Gasteiger partial charge in [0, 0.05) is 38.6 Å². The molecule has 1 N–H and O–H groups in total. The number of aliphatic hydroxyl groups is 1. The third-order valence-corrected chi connectivity index (χ3v) is 7.41. The molecule has 2 aliphatic heterocycles. The zero-order valence-corrected chi connectivity index (χ0v) is 22.7. The van der Waals surface area contributed by atoms with Gasteiger partial charge in [0.1, 0.15) is 0 Å². The fourth-order valence-corrected chi connectivity index (χ4v) is 5.41. The summed E-state index contributed by atoms with van der Waals surface area (Å²) in [5.74, 6) is 1.44. The third kappa shape index (κ3) is 4.94. The van der Waals surface area contributed by atoms with E-state index in [0.717, 1.165) is 77.2 Å². The first-order valence-electron chi connectivity index (χ1n) is 14.0. The lowest BCUT2D eigenvalue weighted by Gasteiger charge is -2.23. The monoisotopic (exact) mass is 532 g/mol. The second kappa shape index (κ2) is 11.2. The molecule has 0 aliphatic carbocycles. The Morgan fingerprint density at radius 1 is 1.03 bits per heavy atom. The van der Waals surface area contributed by atoms with E-state index in [2.05, 4.69) is 42.4 Å². The van der Waals surface area contributed by atoms with Gasteiger partial charge in [-0.3, -0.25) is 0 Å². The van der Waals surface area contributed by atoms with Gasteiger partial charge in [0.05, 0.1) is 47.4 Å². The van der Waals surface area contributed by atoms with E-state index in [1.807, 2.05) is 22.6 Å². The Morgan fingerprint density at radius 3 is 2.69 bits per heavy atom. The van der Waals surface area contributed by atoms with Crippen molar-refractivity contribution in [2.24, 2.45) is 7.05 Å². The van der Waals surface area contributed by atoms with Gasteiger partial charge in [-0.2, -0.15) is 15.3 Å². The first kappa shape index (κ1) is 25.6. The summed E-state index contributed by atoms with van der Waals surface area (Å²) < 4.78 is 24.3. The maximum Gasteiger partial charge on any atom is 0.219 e. The van der Waals surface area contributed by atoms with Crippen LogP contribution in [0.15, 0.2) is 24.4 Å². The molecule has 6 rings (SSSR count). The zero-order chi connectivity index (χ0) is 26.8. The van der Waals surface area contributed by atoms with Crippen molar-refractivity contribution >= 4 is 23.1 Å². The molecule has 5 heterocycles. The summed E-state index contributed by atoms with van der Waals surface area (Å²) in [4.78, 5) is 0. The van der Waals surface area contributed by atoms with Crippen LogP contribution in [0.25, 0.3) is 34.2 Å². The van der Waals surface area contributed by atoms with Gasteiger partial charge < -0.3 is 19.3 Å². The Balaban J connectivity index is 1.51. The first-order valence-corrected chi connectivity index (χ1v) is 14.0. The summed E-state index contributed by atoms with van der Waals surface area (Å²) >= 11 is 0. The summed E-state index contributed by atoms with van der Waals surface area (Å²) in [5.41, 5.74) is 5.78. The van der Waals surface area contributed by atoms with Crippen molar-refractivity contribution in [3.8, 4) is 22.9 Å². The van der Waals surface area contributed by atoms with E-state index in [-0.39, 0.29) is 12.8 Å². The van der Waals surface area contributed by atoms with Crippen molar-refractivity contribution < 1.29 is 19.3 Å². The SMILES string of the molecule is CCc1nn(CCCO)c2c1/C=C\c1nn(C3CCCCO3)c3ccc(cc13)-c1cnn(C)c1OCCCO2. The highest BCUT2D eigenvalue weighted by Crippen LogP contribution is 2.36. The minimum Gasteiger partial charge on any atom is -0.477 e. The van der Waals surface area contributed by atoms with Gasteiger partial charge in [-0.1, -0.05) is 13.0 Å². The van der Waals surface area contributed by atoms with Gasteiger partial charge in [0.2, 0.25) is 11.8 Å². The molecule has 1 atom stereocenters. The molecule has 1 unspecified atom stereocenters. The minimum atomic E-state index is -0.0801. The summed E-state index contributed by atoms with van der Waals surface area (Å²) in [6.45, 7) is 4.50. The van der Waals surface area contributed by atoms with Gasteiger partial charge in [-0.05, 0) is 62.0 Å². The average Bonchev–Trinajstić information content (AvgIpc) is 3.63. The molecule has 0 radical (unpaired) electrons. The fraction of sp³-hybridized carbons (Fsp3) is 0.483. The summed E-state index contributed by atoms with van der Waals surface area (Å²) in [6, 6.07) is 6.41. The number of aryl methyl sites for hydroxylation is 3. The van der Waals surface area contributed by atoms with Gasteiger partial charge in [0.15, 0.2) is 6.23 Å². The van der Waals surface area contributed by atoms with Gasteiger partial charge in [-0.25, -0.2) is 14.0 Å². The third-order valence-electron chi connectivity index (χ3n) is 7.41. The number of hydrogen-bond donors (Lipinski definition) is 1. The molecule has 206 valence electrons. The molecule has 2 aliphatic rings. The molecule has 4 aromatic rings. The molecule has 1 aromatic carbocycles. The number of aliphatic hydroxyl groups excluding tert-OH is 1. The second-order valence-electron chi connectivity index (χ2n) is 10.1. The van der Waals surface area contributed by atoms with Crippen LogP contribution in [0.1, 0.15) is 62.2 Å². The Kier molecular flexibility index (Phi) is 7.38. The Labute approximate surface area is 227 Å². The van der Waals surface area contributed by atoms with Crippen LogP contribution >= 0.6 is 0 Å². The second-order valence-corrected chi connectivity index (χ2v) is 10.1. The molecular formula is C29H36N6O4. The lowest BCUT2D eigenvalue weighted by atomic mass is 10.0. The van der Waals surface area contributed by atoms with Crippen molar-refractivity contribution in [2.75, 3.05) is 26.4 Å². The van der Waals surface area contributed by atoms with Gasteiger partial charge >= 0.3 is 0 Å². The number of hydrogen-bond acceptors (Lipinski definition) is 7. The Morgan fingerprint density at radius 2 is 1.90 bits per heavy atom. The van der Waals surface area contributed by atoms with Crippen LogP contribution in [0, 0.1) is 0 Å². The van der Waals surface area contributed by atoms with Crippen LogP contribution in [-0.2, 0) is 24.8 Å². The molecule has 2 bridgehead atoms. The van der Waals surface area contributed by atoms with E-state index in [1.54, 1.807) is 4.68 Å². The average molecular weight is 533 g/mol. The van der Waals surface area contributed by atoms with E-state index < -0.39 is 0 Å². The van der Waals surface area contributed by atoms with Crippen LogP contribution < -0.4 is 9.47 Å². The van der Waals surface area contributed by atoms with Crippen LogP contribution in [0.4, 0.5) is 0 Å². The molecule has 0 spiro atoms. The maximum atomic E-state index is 9.44. The predicted molar refractivity (Wildman–Crippen MR) is 149 cm³/mol. The Bertz CT molecular complexity index is 1480. The van der Waals surface area contributed by atoms with Crippen molar-refractivity contribution in [1.82, 2.24) is 29.3 Å². The standard InChI is InChI=1S/C29H36N6O4/c1-3-24-21-10-11-25-22-18-20(9-12-26(22)35(32-25)27-8-4-5-15-37-27)23-19-30-33(2)28(23)38-16-7-17-39-29(21)34(31-24)13-6-14-36/h9-12,18-19,27,36H,3-8,13-17H2,1-2H3/b11-10-. The molecule has 0 saturated carbocycles. The van der Waals surface area contributed by atoms with E-state index >= 15 is 0 Å². The van der Waals surface area contributed by atoms with Crippen LogP contribution in [0.5, 0.6) is 11.8 Å². The number of benzene rings is 1. The predicted octanol–water partition coefficient (Wildman–Crippen LogP) is 4.61. The molecular weight excluding hydrogens is 496 g/mol. The van der Waals surface area contributed by atoms with E-state index in [4.69, 9.17) is 24.4 Å². The lowest BCUT2D eigenvalue weighted by molar-refractivity contribution is -0.0367. The highest BCUT2D eigenvalue weighted by molar-refractivity contribution is 5.93. The molecule has 3 aromatic heterocycles. The topological polar surface area (TPSA) is 101 Å². The lowest BCUT2D eigenvalue weighted by Crippen LogP contribution is -2.19. The van der Waals surface area contributed by atoms with E-state index in [9.17, 15) is 5.11 Å².